The van der Waals surface area contributed by atoms with Gasteiger partial charge < -0.3 is 9.84 Å². The highest BCUT2D eigenvalue weighted by Gasteiger charge is 2.54. The number of imidazole rings is 1. The van der Waals surface area contributed by atoms with Crippen LogP contribution in [0.15, 0.2) is 23.1 Å². The molecule has 14 heteroatoms. The second-order valence-corrected chi connectivity index (χ2v) is 11.2. The minimum Gasteiger partial charge on any atom is -0.468 e. The van der Waals surface area contributed by atoms with Crippen molar-refractivity contribution in [3.63, 3.8) is 0 Å². The number of aliphatic hydroxyl groups is 1. The Morgan fingerprint density at radius 2 is 1.94 bits per heavy atom. The monoisotopic (exact) mass is 518 g/mol. The zero-order valence-electron chi connectivity index (χ0n) is 18.5. The molecule has 34 heavy (non-hydrogen) atoms. The normalized spacial score (nSPS) is 16.1. The number of fused-ring (bicyclic) bond motifs is 1. The number of esters is 1. The summed E-state index contributed by atoms with van der Waals surface area (Å²) in [6.07, 6.45) is -4.75. The zero-order chi connectivity index (χ0) is 25.3. The van der Waals surface area contributed by atoms with Gasteiger partial charge in [0.05, 0.1) is 29.0 Å². The van der Waals surface area contributed by atoms with E-state index in [9.17, 15) is 31.5 Å². The second kappa shape index (κ2) is 7.73. The molecule has 1 fully saturated rings. The number of benzene rings is 1. The molecule has 9 nitrogen and oxygen atoms in total. The van der Waals surface area contributed by atoms with Crippen LogP contribution in [0, 0.1) is 6.92 Å². The summed E-state index contributed by atoms with van der Waals surface area (Å²) in [5, 5.41) is 14.9. The number of rotatable bonds is 6. The third kappa shape index (κ3) is 4.19. The molecule has 0 aliphatic heterocycles. The fourth-order valence-corrected chi connectivity index (χ4v) is 6.15. The smallest absolute Gasteiger partial charge is 0.417 e. The minimum absolute atomic E-state index is 0.112. The molecule has 0 saturated heterocycles. The third-order valence-corrected chi connectivity index (χ3v) is 8.20. The lowest BCUT2D eigenvalue weighted by atomic mass is 10.1. The van der Waals surface area contributed by atoms with E-state index in [0.717, 1.165) is 30.6 Å². The Balaban J connectivity index is 1.88. The number of carbonyl (C=O) groups is 1. The molecule has 1 saturated carbocycles. The van der Waals surface area contributed by atoms with Gasteiger partial charge in [-0.25, -0.2) is 17.9 Å². The van der Waals surface area contributed by atoms with Crippen LogP contribution >= 0.6 is 11.3 Å². The maximum absolute atomic E-state index is 13.8. The van der Waals surface area contributed by atoms with Crippen LogP contribution in [-0.2, 0) is 31.3 Å². The second-order valence-electron chi connectivity index (χ2n) is 8.59. The molecule has 2 heterocycles. The van der Waals surface area contributed by atoms with Crippen molar-refractivity contribution in [1.82, 2.24) is 19.3 Å². The molecule has 0 spiro atoms. The molecule has 4 rings (SSSR count). The molecule has 0 amide bonds. The first-order valence-electron chi connectivity index (χ1n) is 10.0. The number of ether oxygens (including phenoxy) is 1. The summed E-state index contributed by atoms with van der Waals surface area (Å²) in [5.74, 6) is -0.865. The van der Waals surface area contributed by atoms with Crippen molar-refractivity contribution < 1.29 is 36.2 Å². The lowest BCUT2D eigenvalue weighted by molar-refractivity contribution is -0.143. The number of nitrogens with one attached hydrogen (secondary N) is 1. The Kier molecular flexibility index (Phi) is 5.59. The summed E-state index contributed by atoms with van der Waals surface area (Å²) in [7, 11) is -3.71. The molecule has 0 bridgehead atoms. The van der Waals surface area contributed by atoms with Crippen molar-refractivity contribution >= 4 is 32.3 Å². The fraction of sp³-hybridized carbons (Fsp3) is 0.450. The standard InChI is InChI=1S/C20H21F3N4O5S2/c1-10-14(27-17(24-10)33-15(25-27)18(2,3)29)11-5-6-12(20(21,22)23)13(9-11)34(30,31)26-19(7-8-19)16(28)32-4/h5-6,9,26,29H,7-8H2,1-4H3. The summed E-state index contributed by atoms with van der Waals surface area (Å²) in [6, 6.07) is 2.69. The minimum atomic E-state index is -4.97. The van der Waals surface area contributed by atoms with Gasteiger partial charge in [-0.15, -0.1) is 0 Å². The highest BCUT2D eigenvalue weighted by atomic mass is 32.2. The zero-order valence-corrected chi connectivity index (χ0v) is 20.2. The van der Waals surface area contributed by atoms with Gasteiger partial charge in [-0.3, -0.25) is 4.79 Å². The van der Waals surface area contributed by atoms with E-state index in [1.54, 1.807) is 6.92 Å². The van der Waals surface area contributed by atoms with Crippen LogP contribution in [0.5, 0.6) is 0 Å². The summed E-state index contributed by atoms with van der Waals surface area (Å²) < 4.78 is 75.5. The number of aromatic nitrogens is 3. The average Bonchev–Trinajstić information content (AvgIpc) is 3.25. The number of aryl methyl sites for hydroxylation is 1. The van der Waals surface area contributed by atoms with Crippen LogP contribution in [0.3, 0.4) is 0 Å². The fourth-order valence-electron chi connectivity index (χ4n) is 3.53. The largest absolute Gasteiger partial charge is 0.468 e. The predicted octanol–water partition coefficient (Wildman–Crippen LogP) is 3.00. The van der Waals surface area contributed by atoms with Gasteiger partial charge in [-0.2, -0.15) is 23.0 Å². The van der Waals surface area contributed by atoms with Gasteiger partial charge in [0, 0.05) is 5.56 Å². The number of sulfonamides is 1. The summed E-state index contributed by atoms with van der Waals surface area (Å²) in [6.45, 7) is 4.67. The van der Waals surface area contributed by atoms with Crippen molar-refractivity contribution in [2.45, 2.75) is 55.8 Å². The van der Waals surface area contributed by atoms with Crippen LogP contribution in [0.25, 0.3) is 16.2 Å². The third-order valence-electron chi connectivity index (χ3n) is 5.41. The van der Waals surface area contributed by atoms with Gasteiger partial charge in [0.25, 0.3) is 0 Å². The number of hydrogen-bond acceptors (Lipinski definition) is 8. The molecule has 0 radical (unpaired) electrons. The highest BCUT2D eigenvalue weighted by molar-refractivity contribution is 7.89. The summed E-state index contributed by atoms with van der Waals surface area (Å²) >= 11 is 1.10. The topological polar surface area (TPSA) is 123 Å². The van der Waals surface area contributed by atoms with Gasteiger partial charge in [0.1, 0.15) is 16.1 Å². The van der Waals surface area contributed by atoms with Gasteiger partial charge in [-0.05, 0) is 45.7 Å². The van der Waals surface area contributed by atoms with E-state index in [4.69, 9.17) is 0 Å². The first-order chi connectivity index (χ1) is 15.6. The van der Waals surface area contributed by atoms with Crippen molar-refractivity contribution in [1.29, 1.82) is 0 Å². The van der Waals surface area contributed by atoms with Gasteiger partial charge in [0.15, 0.2) is 0 Å². The molecule has 1 aliphatic carbocycles. The molecular weight excluding hydrogens is 497 g/mol. The molecule has 2 aromatic heterocycles. The number of nitrogens with zero attached hydrogens (tertiary/aromatic N) is 3. The van der Waals surface area contributed by atoms with E-state index in [-0.39, 0.29) is 24.1 Å². The van der Waals surface area contributed by atoms with Gasteiger partial charge in [-0.1, -0.05) is 17.4 Å². The van der Waals surface area contributed by atoms with Crippen LogP contribution in [0.4, 0.5) is 13.2 Å². The molecule has 2 N–H and O–H groups in total. The van der Waals surface area contributed by atoms with E-state index >= 15 is 0 Å². The Morgan fingerprint density at radius 1 is 1.29 bits per heavy atom. The maximum atomic E-state index is 13.8. The number of carbonyl (C=O) groups excluding carboxylic acids is 1. The van der Waals surface area contributed by atoms with E-state index in [0.29, 0.717) is 21.7 Å². The quantitative estimate of drug-likeness (QED) is 0.481. The molecule has 3 aromatic rings. The van der Waals surface area contributed by atoms with E-state index in [1.165, 1.54) is 18.4 Å². The van der Waals surface area contributed by atoms with Gasteiger partial charge >= 0.3 is 12.1 Å². The number of hydrogen-bond donors (Lipinski definition) is 2. The lowest BCUT2D eigenvalue weighted by Crippen LogP contribution is -2.44. The van der Waals surface area contributed by atoms with E-state index < -0.39 is 43.8 Å². The average molecular weight is 519 g/mol. The van der Waals surface area contributed by atoms with Crippen molar-refractivity contribution in [3.8, 4) is 11.3 Å². The van der Waals surface area contributed by atoms with Gasteiger partial charge in [0.2, 0.25) is 15.0 Å². The molecular formula is C20H21F3N4O5S2. The molecule has 0 unspecified atom stereocenters. The number of alkyl halides is 3. The Labute approximate surface area is 196 Å². The lowest BCUT2D eigenvalue weighted by Gasteiger charge is -2.19. The summed E-state index contributed by atoms with van der Waals surface area (Å²) in [5.41, 5.74) is -3.43. The Bertz CT molecular complexity index is 1400. The van der Waals surface area contributed by atoms with E-state index in [1.807, 2.05) is 0 Å². The molecule has 184 valence electrons. The van der Waals surface area contributed by atoms with Crippen LogP contribution in [0.1, 0.15) is 43.0 Å². The van der Waals surface area contributed by atoms with Crippen molar-refractivity contribution in [3.05, 3.63) is 34.5 Å². The number of methoxy groups -OCH3 is 1. The molecule has 0 atom stereocenters. The molecule has 1 aliphatic rings. The van der Waals surface area contributed by atoms with Crippen LogP contribution in [0.2, 0.25) is 0 Å². The first kappa shape index (κ1) is 24.6. The van der Waals surface area contributed by atoms with Crippen LogP contribution < -0.4 is 4.72 Å². The Morgan fingerprint density at radius 3 is 2.47 bits per heavy atom. The van der Waals surface area contributed by atoms with Crippen molar-refractivity contribution in [2.24, 2.45) is 0 Å². The van der Waals surface area contributed by atoms with Crippen molar-refractivity contribution in [2.75, 3.05) is 7.11 Å². The van der Waals surface area contributed by atoms with E-state index in [2.05, 4.69) is 19.5 Å². The predicted molar refractivity (Wildman–Crippen MR) is 116 cm³/mol. The Hall–Kier alpha value is -2.55. The first-order valence-corrected chi connectivity index (χ1v) is 12.3. The molecule has 1 aromatic carbocycles. The SMILES string of the molecule is COC(=O)C1(NS(=O)(=O)c2cc(-c3c(C)nc4sc(C(C)(C)O)nn34)ccc2C(F)(F)F)CC1. The number of halogens is 3. The maximum Gasteiger partial charge on any atom is 0.417 e. The van der Waals surface area contributed by atoms with Crippen LogP contribution in [-0.4, -0.2) is 46.7 Å². The highest BCUT2D eigenvalue weighted by Crippen LogP contribution is 2.41. The summed E-state index contributed by atoms with van der Waals surface area (Å²) in [4.78, 5) is 15.7.